The third-order valence-corrected chi connectivity index (χ3v) is 3.71. The molecular weight excluding hydrogens is 370 g/mol. The SMILES string of the molecule is N#Cc1c(N)[nH]c(=O)c(C#N)c1-c1cc(OCCCC(=O)O)ccc1[N+](=O)[O-]. The number of anilines is 1. The molecule has 0 aliphatic heterocycles. The lowest BCUT2D eigenvalue weighted by atomic mass is 9.95. The highest BCUT2D eigenvalue weighted by atomic mass is 16.6. The first-order valence-electron chi connectivity index (χ1n) is 7.79. The van der Waals surface area contributed by atoms with E-state index in [-0.39, 0.29) is 47.7 Å². The number of aromatic amines is 1. The van der Waals surface area contributed by atoms with Crippen molar-refractivity contribution in [2.24, 2.45) is 0 Å². The van der Waals surface area contributed by atoms with Crippen LogP contribution < -0.4 is 16.0 Å². The van der Waals surface area contributed by atoms with Gasteiger partial charge in [0.15, 0.2) is 0 Å². The van der Waals surface area contributed by atoms with Gasteiger partial charge in [0.2, 0.25) is 0 Å². The number of aromatic nitrogens is 1. The Kier molecular flexibility index (Phi) is 5.93. The summed E-state index contributed by atoms with van der Waals surface area (Å²) in [5, 5.41) is 38.8. The van der Waals surface area contributed by atoms with E-state index in [0.717, 1.165) is 6.07 Å². The number of H-pyrrole nitrogens is 1. The van der Waals surface area contributed by atoms with E-state index in [9.17, 15) is 30.2 Å². The number of nitriles is 2. The molecular formula is C17H13N5O6. The molecule has 0 fully saturated rings. The number of rotatable bonds is 7. The summed E-state index contributed by atoms with van der Waals surface area (Å²) >= 11 is 0. The van der Waals surface area contributed by atoms with E-state index in [0.29, 0.717) is 0 Å². The minimum atomic E-state index is -0.996. The Labute approximate surface area is 157 Å². The highest BCUT2D eigenvalue weighted by molar-refractivity contribution is 5.85. The lowest BCUT2D eigenvalue weighted by Gasteiger charge is -2.11. The number of nitro benzene ring substituents is 1. The van der Waals surface area contributed by atoms with Crippen molar-refractivity contribution in [1.29, 1.82) is 10.5 Å². The largest absolute Gasteiger partial charge is 0.494 e. The van der Waals surface area contributed by atoms with Crippen molar-refractivity contribution >= 4 is 17.5 Å². The summed E-state index contributed by atoms with van der Waals surface area (Å²) in [6.45, 7) is 0.0251. The smallest absolute Gasteiger partial charge is 0.303 e. The summed E-state index contributed by atoms with van der Waals surface area (Å²) in [5.41, 5.74) is 3.04. The standard InChI is InChI=1S/C17H13N5O6/c18-7-11-15(12(8-19)17(25)21-16(11)20)10-6-9(3-4-13(10)22(26)27)28-5-1-2-14(23)24/h3-4,6H,1-2,5H2,(H,23,24)(H3,20,21,25). The first kappa shape index (κ1) is 19.9. The van der Waals surface area contributed by atoms with Crippen LogP contribution >= 0.6 is 0 Å². The fourth-order valence-corrected chi connectivity index (χ4v) is 2.49. The second kappa shape index (κ2) is 8.33. The number of hydrogen-bond acceptors (Lipinski definition) is 8. The van der Waals surface area contributed by atoms with E-state index in [1.165, 1.54) is 12.1 Å². The number of nitrogens with two attached hydrogens (primary N) is 1. The Hall–Kier alpha value is -4.38. The molecule has 0 spiro atoms. The highest BCUT2D eigenvalue weighted by Gasteiger charge is 2.25. The van der Waals surface area contributed by atoms with Crippen molar-refractivity contribution in [3.05, 3.63) is 49.8 Å². The molecule has 1 aromatic heterocycles. The van der Waals surface area contributed by atoms with Crippen LogP contribution in [0, 0.1) is 32.8 Å². The van der Waals surface area contributed by atoms with Crippen LogP contribution in [0.3, 0.4) is 0 Å². The van der Waals surface area contributed by atoms with Gasteiger partial charge < -0.3 is 20.6 Å². The summed E-state index contributed by atoms with van der Waals surface area (Å²) in [6, 6.07) is 6.97. The number of ether oxygens (including phenoxy) is 1. The van der Waals surface area contributed by atoms with Crippen LogP contribution in [0.5, 0.6) is 5.75 Å². The molecule has 4 N–H and O–H groups in total. The Morgan fingerprint density at radius 3 is 2.57 bits per heavy atom. The molecule has 0 amide bonds. The number of nitrogens with one attached hydrogen (secondary N) is 1. The number of benzene rings is 1. The molecule has 11 heteroatoms. The zero-order chi connectivity index (χ0) is 20.8. The van der Waals surface area contributed by atoms with E-state index < -0.39 is 27.7 Å². The molecule has 1 aromatic carbocycles. The van der Waals surface area contributed by atoms with Gasteiger partial charge in [0.25, 0.3) is 11.2 Å². The predicted octanol–water partition coefficient (Wildman–Crippen LogP) is 1.52. The number of carboxylic acid groups (broad SMARTS) is 1. The zero-order valence-corrected chi connectivity index (χ0v) is 14.3. The third kappa shape index (κ3) is 4.05. The minimum Gasteiger partial charge on any atom is -0.494 e. The maximum absolute atomic E-state index is 12.1. The number of carbonyl (C=O) groups is 1. The predicted molar refractivity (Wildman–Crippen MR) is 95.4 cm³/mol. The molecule has 0 unspecified atom stereocenters. The molecule has 2 rings (SSSR count). The van der Waals surface area contributed by atoms with Crippen molar-refractivity contribution in [3.63, 3.8) is 0 Å². The molecule has 0 bridgehead atoms. The van der Waals surface area contributed by atoms with Gasteiger partial charge in [0, 0.05) is 18.1 Å². The van der Waals surface area contributed by atoms with Gasteiger partial charge in [-0.05, 0) is 18.6 Å². The quantitative estimate of drug-likeness (QED) is 0.360. The molecule has 0 saturated heterocycles. The molecule has 28 heavy (non-hydrogen) atoms. The molecule has 142 valence electrons. The molecule has 0 radical (unpaired) electrons. The average Bonchev–Trinajstić information content (AvgIpc) is 2.64. The monoisotopic (exact) mass is 383 g/mol. The van der Waals surface area contributed by atoms with Gasteiger partial charge >= 0.3 is 5.97 Å². The molecule has 0 aliphatic rings. The molecule has 2 aromatic rings. The van der Waals surface area contributed by atoms with Gasteiger partial charge in [-0.3, -0.25) is 19.7 Å². The molecule has 1 heterocycles. The highest BCUT2D eigenvalue weighted by Crippen LogP contribution is 2.37. The van der Waals surface area contributed by atoms with Crippen LogP contribution in [-0.4, -0.2) is 27.6 Å². The summed E-state index contributed by atoms with van der Waals surface area (Å²) in [7, 11) is 0. The van der Waals surface area contributed by atoms with E-state index in [1.807, 2.05) is 0 Å². The maximum atomic E-state index is 12.1. The topological polar surface area (TPSA) is 196 Å². The average molecular weight is 383 g/mol. The zero-order valence-electron chi connectivity index (χ0n) is 14.3. The first-order chi connectivity index (χ1) is 13.3. The lowest BCUT2D eigenvalue weighted by Crippen LogP contribution is -2.16. The van der Waals surface area contributed by atoms with Gasteiger partial charge in [-0.15, -0.1) is 0 Å². The van der Waals surface area contributed by atoms with Crippen LogP contribution in [0.1, 0.15) is 24.0 Å². The van der Waals surface area contributed by atoms with Crippen LogP contribution in [0.2, 0.25) is 0 Å². The van der Waals surface area contributed by atoms with Crippen molar-refractivity contribution in [3.8, 4) is 29.0 Å². The number of nitrogens with zero attached hydrogens (tertiary/aromatic N) is 3. The van der Waals surface area contributed by atoms with Crippen LogP contribution in [0.15, 0.2) is 23.0 Å². The van der Waals surface area contributed by atoms with E-state index in [1.54, 1.807) is 12.1 Å². The Bertz CT molecular complexity index is 1090. The molecule has 0 saturated carbocycles. The number of hydrogen-bond donors (Lipinski definition) is 3. The number of nitro groups is 1. The molecule has 0 atom stereocenters. The van der Waals surface area contributed by atoms with Gasteiger partial charge in [-0.1, -0.05) is 0 Å². The number of pyridine rings is 1. The minimum absolute atomic E-state index is 0.0251. The summed E-state index contributed by atoms with van der Waals surface area (Å²) < 4.78 is 5.39. The van der Waals surface area contributed by atoms with Crippen molar-refractivity contribution < 1.29 is 19.6 Å². The van der Waals surface area contributed by atoms with E-state index in [2.05, 4.69) is 4.98 Å². The Morgan fingerprint density at radius 2 is 2.00 bits per heavy atom. The Balaban J connectivity index is 2.64. The van der Waals surface area contributed by atoms with Crippen molar-refractivity contribution in [2.75, 3.05) is 12.3 Å². The number of carboxylic acids is 1. The van der Waals surface area contributed by atoms with Gasteiger partial charge in [-0.25, -0.2) is 0 Å². The lowest BCUT2D eigenvalue weighted by molar-refractivity contribution is -0.384. The fourth-order valence-electron chi connectivity index (χ4n) is 2.49. The van der Waals surface area contributed by atoms with E-state index in [4.69, 9.17) is 15.6 Å². The van der Waals surface area contributed by atoms with Crippen molar-refractivity contribution in [1.82, 2.24) is 4.98 Å². The fraction of sp³-hybridized carbons (Fsp3) is 0.176. The molecule has 0 aliphatic carbocycles. The summed E-state index contributed by atoms with van der Waals surface area (Å²) in [5.74, 6) is -1.19. The van der Waals surface area contributed by atoms with E-state index >= 15 is 0 Å². The number of nitrogen functional groups attached to an aromatic ring is 1. The normalized spacial score (nSPS) is 9.93. The van der Waals surface area contributed by atoms with Gasteiger partial charge in [0.05, 0.1) is 17.1 Å². The third-order valence-electron chi connectivity index (χ3n) is 3.71. The maximum Gasteiger partial charge on any atom is 0.303 e. The van der Waals surface area contributed by atoms with Gasteiger partial charge in [-0.2, -0.15) is 10.5 Å². The van der Waals surface area contributed by atoms with Crippen LogP contribution in [-0.2, 0) is 4.79 Å². The van der Waals surface area contributed by atoms with Crippen LogP contribution in [0.4, 0.5) is 11.5 Å². The summed E-state index contributed by atoms with van der Waals surface area (Å²) in [6.07, 6.45) is 0.0775. The Morgan fingerprint density at radius 1 is 1.32 bits per heavy atom. The second-order valence-corrected chi connectivity index (χ2v) is 5.50. The van der Waals surface area contributed by atoms with Gasteiger partial charge in [0.1, 0.15) is 34.8 Å². The first-order valence-corrected chi connectivity index (χ1v) is 7.79. The molecule has 11 nitrogen and oxygen atoms in total. The summed E-state index contributed by atoms with van der Waals surface area (Å²) in [4.78, 5) is 35.4. The second-order valence-electron chi connectivity index (χ2n) is 5.50. The van der Waals surface area contributed by atoms with Crippen molar-refractivity contribution in [2.45, 2.75) is 12.8 Å². The number of aliphatic carboxylic acids is 1. The van der Waals surface area contributed by atoms with Crippen LogP contribution in [0.25, 0.3) is 11.1 Å².